The minimum atomic E-state index is -3.39. The molecular formula is C15H22ClN2O5P. The molecule has 1 N–H and O–H groups in total. The largest absolute Gasteiger partial charge is 0.350 e. The SMILES string of the molecule is CCOP(=O)(OCC)[C@@H]1C[C@H](C(=O)Nc2ccc(Cl)cc2)ON1C. The molecule has 1 aliphatic heterocycles. The Balaban J connectivity index is 2.04. The van der Waals surface area contributed by atoms with Gasteiger partial charge >= 0.3 is 7.60 Å². The summed E-state index contributed by atoms with van der Waals surface area (Å²) in [5, 5.41) is 4.72. The zero-order chi connectivity index (χ0) is 17.7. The lowest BCUT2D eigenvalue weighted by Gasteiger charge is -2.25. The molecule has 1 aliphatic rings. The Kier molecular flexibility index (Phi) is 6.80. The van der Waals surface area contributed by atoms with Gasteiger partial charge in [-0.25, -0.2) is 0 Å². The average molecular weight is 377 g/mol. The van der Waals surface area contributed by atoms with Gasteiger partial charge in [0.2, 0.25) is 0 Å². The summed E-state index contributed by atoms with van der Waals surface area (Å²) in [4.78, 5) is 17.9. The molecule has 2 atom stereocenters. The van der Waals surface area contributed by atoms with E-state index >= 15 is 0 Å². The normalized spacial score (nSPS) is 21.8. The molecule has 1 heterocycles. The van der Waals surface area contributed by atoms with Crippen molar-refractivity contribution in [2.24, 2.45) is 0 Å². The minimum Gasteiger partial charge on any atom is -0.324 e. The molecule has 24 heavy (non-hydrogen) atoms. The zero-order valence-corrected chi connectivity index (χ0v) is 15.5. The second kappa shape index (κ2) is 8.43. The first-order chi connectivity index (χ1) is 11.4. The van der Waals surface area contributed by atoms with Crippen molar-refractivity contribution in [2.45, 2.75) is 32.2 Å². The van der Waals surface area contributed by atoms with Crippen LogP contribution >= 0.6 is 19.2 Å². The van der Waals surface area contributed by atoms with E-state index in [4.69, 9.17) is 25.5 Å². The first-order valence-corrected chi connectivity index (χ1v) is 9.73. The van der Waals surface area contributed by atoms with Gasteiger partial charge in [-0.1, -0.05) is 11.6 Å². The fourth-order valence-corrected chi connectivity index (χ4v) is 4.63. The third-order valence-electron chi connectivity index (χ3n) is 3.53. The van der Waals surface area contributed by atoms with Crippen molar-refractivity contribution in [2.75, 3.05) is 25.6 Å². The lowest BCUT2D eigenvalue weighted by Crippen LogP contribution is -2.28. The quantitative estimate of drug-likeness (QED) is 0.734. The van der Waals surface area contributed by atoms with Gasteiger partial charge in [-0.05, 0) is 38.1 Å². The highest BCUT2D eigenvalue weighted by atomic mass is 35.5. The van der Waals surface area contributed by atoms with Crippen molar-refractivity contribution in [1.29, 1.82) is 0 Å². The Labute approximate surface area is 146 Å². The number of hydrogen-bond acceptors (Lipinski definition) is 6. The lowest BCUT2D eigenvalue weighted by molar-refractivity contribution is -0.155. The van der Waals surface area contributed by atoms with Crippen molar-refractivity contribution in [3.63, 3.8) is 0 Å². The second-order valence-corrected chi connectivity index (χ2v) is 7.86. The van der Waals surface area contributed by atoms with Crippen LogP contribution in [0.2, 0.25) is 5.02 Å². The van der Waals surface area contributed by atoms with E-state index in [0.29, 0.717) is 10.7 Å². The molecule has 0 radical (unpaired) electrons. The molecule has 9 heteroatoms. The van der Waals surface area contributed by atoms with E-state index < -0.39 is 19.5 Å². The fraction of sp³-hybridized carbons (Fsp3) is 0.533. The van der Waals surface area contributed by atoms with Crippen LogP contribution in [0.25, 0.3) is 0 Å². The first-order valence-electron chi connectivity index (χ1n) is 7.74. The Bertz CT molecular complexity index is 602. The number of nitrogens with zero attached hydrogens (tertiary/aromatic N) is 1. The summed E-state index contributed by atoms with van der Waals surface area (Å²) in [6.45, 7) is 3.99. The van der Waals surface area contributed by atoms with E-state index in [-0.39, 0.29) is 25.5 Å². The maximum Gasteiger partial charge on any atom is 0.350 e. The summed E-state index contributed by atoms with van der Waals surface area (Å²) in [6.07, 6.45) is -0.558. The molecular weight excluding hydrogens is 355 g/mol. The van der Waals surface area contributed by atoms with E-state index in [2.05, 4.69) is 5.32 Å². The number of hydrogen-bond donors (Lipinski definition) is 1. The van der Waals surface area contributed by atoms with Gasteiger partial charge in [-0.2, -0.15) is 5.06 Å². The number of carbonyl (C=O) groups excluding carboxylic acids is 1. The molecule has 1 fully saturated rings. The summed E-state index contributed by atoms with van der Waals surface area (Å²) in [7, 11) is -1.77. The molecule has 2 rings (SSSR count). The Morgan fingerprint density at radius 3 is 2.46 bits per heavy atom. The fourth-order valence-electron chi connectivity index (χ4n) is 2.46. The van der Waals surface area contributed by atoms with Crippen LogP contribution in [-0.4, -0.2) is 43.1 Å². The number of halogens is 1. The highest BCUT2D eigenvalue weighted by molar-refractivity contribution is 7.54. The summed E-state index contributed by atoms with van der Waals surface area (Å²) >= 11 is 5.82. The van der Waals surface area contributed by atoms with Gasteiger partial charge in [0, 0.05) is 24.2 Å². The Morgan fingerprint density at radius 2 is 1.92 bits per heavy atom. The van der Waals surface area contributed by atoms with Crippen LogP contribution in [0.5, 0.6) is 0 Å². The van der Waals surface area contributed by atoms with Gasteiger partial charge in [0.15, 0.2) is 6.10 Å². The number of anilines is 1. The third kappa shape index (κ3) is 4.57. The molecule has 1 amide bonds. The van der Waals surface area contributed by atoms with Crippen molar-refractivity contribution < 1.29 is 23.2 Å². The number of rotatable bonds is 7. The van der Waals surface area contributed by atoms with Gasteiger partial charge in [-0.15, -0.1) is 0 Å². The molecule has 0 aliphatic carbocycles. The standard InChI is InChI=1S/C15H22ClN2O5P/c1-4-21-24(20,22-5-2)14-10-13(23-18(14)3)15(19)17-12-8-6-11(16)7-9-12/h6-9,13-14H,4-5,10H2,1-3H3,(H,17,19)/t13-,14-/m1/s1. The van der Waals surface area contributed by atoms with Crippen LogP contribution < -0.4 is 5.32 Å². The molecule has 0 spiro atoms. The summed E-state index contributed by atoms with van der Waals surface area (Å²) in [5.41, 5.74) is 0.608. The van der Waals surface area contributed by atoms with Crippen LogP contribution in [0.15, 0.2) is 24.3 Å². The minimum absolute atomic E-state index is 0.215. The van der Waals surface area contributed by atoms with E-state index in [0.717, 1.165) is 0 Å². The number of amides is 1. The summed E-state index contributed by atoms with van der Waals surface area (Å²) in [6, 6.07) is 6.75. The molecule has 0 aromatic heterocycles. The van der Waals surface area contributed by atoms with Crippen molar-refractivity contribution >= 4 is 30.8 Å². The van der Waals surface area contributed by atoms with Crippen LogP contribution in [0, 0.1) is 0 Å². The number of benzene rings is 1. The molecule has 1 saturated heterocycles. The molecule has 1 aromatic rings. The van der Waals surface area contributed by atoms with Gasteiger partial charge in [0.1, 0.15) is 5.78 Å². The Hall–Kier alpha value is -0.950. The molecule has 134 valence electrons. The summed E-state index contributed by atoms with van der Waals surface area (Å²) < 4.78 is 23.6. The van der Waals surface area contributed by atoms with Crippen LogP contribution in [0.1, 0.15) is 20.3 Å². The molecule has 0 bridgehead atoms. The van der Waals surface area contributed by atoms with Crippen LogP contribution in [0.4, 0.5) is 5.69 Å². The maximum absolute atomic E-state index is 12.9. The average Bonchev–Trinajstić information content (AvgIpc) is 2.93. The van der Waals surface area contributed by atoms with E-state index in [9.17, 15) is 9.36 Å². The van der Waals surface area contributed by atoms with Gasteiger partial charge in [-0.3, -0.25) is 14.2 Å². The van der Waals surface area contributed by atoms with Gasteiger partial charge in [0.25, 0.3) is 5.91 Å². The zero-order valence-electron chi connectivity index (χ0n) is 13.9. The first kappa shape index (κ1) is 19.4. The molecule has 7 nitrogen and oxygen atoms in total. The predicted octanol–water partition coefficient (Wildman–Crippen LogP) is 3.51. The van der Waals surface area contributed by atoms with Crippen molar-refractivity contribution in [3.8, 4) is 0 Å². The molecule has 0 unspecified atom stereocenters. The molecule has 1 aromatic carbocycles. The topological polar surface area (TPSA) is 77.1 Å². The lowest BCUT2D eigenvalue weighted by atomic mass is 10.2. The number of nitrogens with one attached hydrogen (secondary N) is 1. The third-order valence-corrected chi connectivity index (χ3v) is 6.28. The van der Waals surface area contributed by atoms with Crippen molar-refractivity contribution in [1.82, 2.24) is 5.06 Å². The van der Waals surface area contributed by atoms with Crippen molar-refractivity contribution in [3.05, 3.63) is 29.3 Å². The van der Waals surface area contributed by atoms with E-state index in [1.165, 1.54) is 5.06 Å². The predicted molar refractivity (Wildman–Crippen MR) is 92.0 cm³/mol. The molecule has 0 saturated carbocycles. The monoisotopic (exact) mass is 376 g/mol. The van der Waals surface area contributed by atoms with Gasteiger partial charge in [0.05, 0.1) is 13.2 Å². The summed E-state index contributed by atoms with van der Waals surface area (Å²) in [5.74, 6) is -0.954. The highest BCUT2D eigenvalue weighted by Crippen LogP contribution is 2.57. The van der Waals surface area contributed by atoms with Crippen LogP contribution in [-0.2, 0) is 23.2 Å². The van der Waals surface area contributed by atoms with E-state index in [1.807, 2.05) is 0 Å². The number of hydroxylamine groups is 2. The van der Waals surface area contributed by atoms with Crippen LogP contribution in [0.3, 0.4) is 0 Å². The Morgan fingerprint density at radius 1 is 1.33 bits per heavy atom. The highest BCUT2D eigenvalue weighted by Gasteiger charge is 2.48. The number of carbonyl (C=O) groups is 1. The van der Waals surface area contributed by atoms with E-state index in [1.54, 1.807) is 45.2 Å². The second-order valence-electron chi connectivity index (χ2n) is 5.23. The maximum atomic E-state index is 12.9. The van der Waals surface area contributed by atoms with Gasteiger partial charge < -0.3 is 14.4 Å². The smallest absolute Gasteiger partial charge is 0.324 e.